The Bertz CT molecular complexity index is 1170. The van der Waals surface area contributed by atoms with E-state index in [-0.39, 0.29) is 18.1 Å². The Morgan fingerprint density at radius 3 is 2.30 bits per heavy atom. The number of carbonyl (C=O) groups excluding carboxylic acids is 1. The zero-order valence-electron chi connectivity index (χ0n) is 21.7. The highest BCUT2D eigenvalue weighted by Crippen LogP contribution is 2.47. The fourth-order valence-corrected chi connectivity index (χ4v) is 5.17. The zero-order valence-corrected chi connectivity index (χ0v) is 22.6. The van der Waals surface area contributed by atoms with Gasteiger partial charge >= 0.3 is 12.1 Å². The first-order valence-electron chi connectivity index (χ1n) is 12.1. The SMILES string of the molecule is CCOC(=O)C[C@H](N[S+]([O-])C(C)(C)C)c1c(F)c(-c2c(C)ccc(C3CC3)c2C)cc(C(F)(F)F)c1F. The summed E-state index contributed by atoms with van der Waals surface area (Å²) in [4.78, 5) is 12.3. The molecule has 1 unspecified atom stereocenters. The summed E-state index contributed by atoms with van der Waals surface area (Å²) in [7, 11) is 0. The molecular formula is C27H32F5NO3S. The van der Waals surface area contributed by atoms with Gasteiger partial charge in [0.2, 0.25) is 0 Å². The van der Waals surface area contributed by atoms with Crippen molar-refractivity contribution in [3.8, 4) is 11.1 Å². The molecule has 1 fully saturated rings. The molecule has 0 heterocycles. The van der Waals surface area contributed by atoms with Gasteiger partial charge in [-0.3, -0.25) is 4.79 Å². The lowest BCUT2D eigenvalue weighted by molar-refractivity contribution is -0.143. The van der Waals surface area contributed by atoms with Crippen LogP contribution in [-0.2, 0) is 27.1 Å². The lowest BCUT2D eigenvalue weighted by Gasteiger charge is -2.29. The van der Waals surface area contributed by atoms with Gasteiger partial charge in [0.15, 0.2) is 0 Å². The fraction of sp³-hybridized carbons (Fsp3) is 0.519. The number of hydrogen-bond acceptors (Lipinski definition) is 4. The van der Waals surface area contributed by atoms with Gasteiger partial charge in [-0.05, 0) is 88.6 Å². The number of ether oxygens (including phenoxy) is 1. The Hall–Kier alpha value is -2.17. The number of rotatable bonds is 8. The normalized spacial score (nSPS) is 16.0. The number of aryl methyl sites for hydroxylation is 1. The second-order valence-corrected chi connectivity index (χ2v) is 12.3. The first kappa shape index (κ1) is 29.4. The average Bonchev–Trinajstić information content (AvgIpc) is 3.59. The number of halogens is 5. The van der Waals surface area contributed by atoms with E-state index in [2.05, 4.69) is 4.72 Å². The highest BCUT2D eigenvalue weighted by Gasteiger charge is 2.41. The Balaban J connectivity index is 2.31. The molecule has 204 valence electrons. The predicted molar refractivity (Wildman–Crippen MR) is 133 cm³/mol. The summed E-state index contributed by atoms with van der Waals surface area (Å²) in [6.45, 7) is 9.59. The van der Waals surface area contributed by atoms with Crippen molar-refractivity contribution >= 4 is 17.3 Å². The molecular weight excluding hydrogens is 513 g/mol. The first-order chi connectivity index (χ1) is 17.1. The van der Waals surface area contributed by atoms with Crippen LogP contribution in [0.2, 0.25) is 0 Å². The van der Waals surface area contributed by atoms with Gasteiger partial charge in [-0.2, -0.15) is 13.2 Å². The van der Waals surface area contributed by atoms with Gasteiger partial charge in [0, 0.05) is 22.5 Å². The number of alkyl halides is 3. The third-order valence-corrected chi connectivity index (χ3v) is 7.98. The van der Waals surface area contributed by atoms with Crippen LogP contribution in [0.4, 0.5) is 22.0 Å². The molecule has 4 nitrogen and oxygen atoms in total. The molecule has 37 heavy (non-hydrogen) atoms. The molecule has 0 bridgehead atoms. The molecule has 1 N–H and O–H groups in total. The number of hydrogen-bond donors (Lipinski definition) is 1. The summed E-state index contributed by atoms with van der Waals surface area (Å²) >= 11 is -1.97. The van der Waals surface area contributed by atoms with E-state index < -0.39 is 69.0 Å². The van der Waals surface area contributed by atoms with Gasteiger partial charge in [-0.15, -0.1) is 4.72 Å². The molecule has 0 radical (unpaired) electrons. The largest absolute Gasteiger partial charge is 0.598 e. The van der Waals surface area contributed by atoms with Crippen molar-refractivity contribution in [1.82, 2.24) is 4.72 Å². The lowest BCUT2D eigenvalue weighted by Crippen LogP contribution is -2.42. The van der Waals surface area contributed by atoms with E-state index >= 15 is 8.78 Å². The smallest absolute Gasteiger partial charge is 0.419 e. The molecule has 10 heteroatoms. The van der Waals surface area contributed by atoms with Gasteiger partial charge in [0.1, 0.15) is 16.4 Å². The average molecular weight is 546 g/mol. The van der Waals surface area contributed by atoms with Crippen molar-refractivity contribution in [2.24, 2.45) is 0 Å². The molecule has 1 aliphatic rings. The molecule has 0 aliphatic heterocycles. The van der Waals surface area contributed by atoms with E-state index in [9.17, 15) is 22.5 Å². The molecule has 2 atom stereocenters. The number of esters is 1. The molecule has 2 aromatic rings. The van der Waals surface area contributed by atoms with Crippen molar-refractivity contribution in [3.05, 3.63) is 57.7 Å². The van der Waals surface area contributed by atoms with Gasteiger partial charge in [-0.1, -0.05) is 12.1 Å². The van der Waals surface area contributed by atoms with Gasteiger partial charge in [0.25, 0.3) is 0 Å². The minimum Gasteiger partial charge on any atom is -0.598 e. The van der Waals surface area contributed by atoms with Crippen molar-refractivity contribution in [2.45, 2.75) is 83.7 Å². The van der Waals surface area contributed by atoms with Crippen LogP contribution in [-0.4, -0.2) is 21.9 Å². The van der Waals surface area contributed by atoms with Crippen molar-refractivity contribution in [1.29, 1.82) is 0 Å². The van der Waals surface area contributed by atoms with Crippen molar-refractivity contribution < 1.29 is 36.0 Å². The molecule has 0 amide bonds. The first-order valence-corrected chi connectivity index (χ1v) is 13.3. The van der Waals surface area contributed by atoms with Gasteiger partial charge in [-0.25, -0.2) is 8.78 Å². The Kier molecular flexibility index (Phi) is 8.66. The topological polar surface area (TPSA) is 61.4 Å². The van der Waals surface area contributed by atoms with Crippen molar-refractivity contribution in [2.75, 3.05) is 6.61 Å². The van der Waals surface area contributed by atoms with E-state index in [0.717, 1.165) is 18.4 Å². The van der Waals surface area contributed by atoms with E-state index in [4.69, 9.17) is 4.74 Å². The number of nitrogens with one attached hydrogen (secondary N) is 1. The summed E-state index contributed by atoms with van der Waals surface area (Å²) in [5.41, 5.74) is -0.758. The monoisotopic (exact) mass is 545 g/mol. The minimum atomic E-state index is -5.14. The van der Waals surface area contributed by atoms with Crippen LogP contribution in [0.3, 0.4) is 0 Å². The fourth-order valence-electron chi connectivity index (χ4n) is 4.36. The summed E-state index contributed by atoms with van der Waals surface area (Å²) in [5.74, 6) is -3.74. The molecule has 1 aliphatic carbocycles. The van der Waals surface area contributed by atoms with Crippen LogP contribution in [0.5, 0.6) is 0 Å². The third-order valence-electron chi connectivity index (χ3n) is 6.37. The molecule has 0 aromatic heterocycles. The van der Waals surface area contributed by atoms with Crippen LogP contribution in [0, 0.1) is 25.5 Å². The molecule has 0 spiro atoms. The van der Waals surface area contributed by atoms with Crippen LogP contribution >= 0.6 is 0 Å². The highest BCUT2D eigenvalue weighted by atomic mass is 32.2. The molecule has 1 saturated carbocycles. The Morgan fingerprint density at radius 2 is 1.78 bits per heavy atom. The van der Waals surface area contributed by atoms with Crippen LogP contribution < -0.4 is 4.72 Å². The highest BCUT2D eigenvalue weighted by molar-refractivity contribution is 7.90. The second kappa shape index (κ2) is 10.9. The number of carbonyl (C=O) groups is 1. The summed E-state index contributed by atoms with van der Waals surface area (Å²) in [6, 6.07) is 2.42. The summed E-state index contributed by atoms with van der Waals surface area (Å²) in [5, 5.41) is 0. The Labute approximate surface area is 217 Å². The van der Waals surface area contributed by atoms with E-state index in [1.54, 1.807) is 40.7 Å². The Morgan fingerprint density at radius 1 is 1.16 bits per heavy atom. The van der Waals surface area contributed by atoms with Crippen molar-refractivity contribution in [3.63, 3.8) is 0 Å². The van der Waals surface area contributed by atoms with E-state index in [1.807, 2.05) is 6.07 Å². The molecule has 0 saturated heterocycles. The standard InChI is InChI=1S/C27H32F5NO3S/c1-7-36-21(34)13-20(33-37(35)26(4,5)6)23-24(28)18(12-19(25(23)29)27(30,31)32)22-14(2)8-11-17(15(22)3)16-9-10-16/h8,11-12,16,20,33H,7,9-10,13H2,1-6H3/t20-,37?/m0/s1. The van der Waals surface area contributed by atoms with E-state index in [0.29, 0.717) is 17.2 Å². The zero-order chi connectivity index (χ0) is 27.9. The van der Waals surface area contributed by atoms with Crippen LogP contribution in [0.15, 0.2) is 18.2 Å². The van der Waals surface area contributed by atoms with Crippen LogP contribution in [0.25, 0.3) is 11.1 Å². The van der Waals surface area contributed by atoms with E-state index in [1.165, 1.54) is 6.92 Å². The quantitative estimate of drug-likeness (QED) is 0.217. The van der Waals surface area contributed by atoms with Gasteiger partial charge < -0.3 is 9.29 Å². The lowest BCUT2D eigenvalue weighted by atomic mass is 9.87. The maximum atomic E-state index is 16.2. The second-order valence-electron chi connectivity index (χ2n) is 10.3. The van der Waals surface area contributed by atoms with Crippen LogP contribution in [0.1, 0.15) is 86.7 Å². The summed E-state index contributed by atoms with van der Waals surface area (Å²) in [6.07, 6.45) is -4.00. The third kappa shape index (κ3) is 6.46. The maximum Gasteiger partial charge on any atom is 0.419 e. The molecule has 3 rings (SSSR count). The summed E-state index contributed by atoms with van der Waals surface area (Å²) < 4.78 is 93.2. The maximum absolute atomic E-state index is 16.2. The minimum absolute atomic E-state index is 0.0426. The number of benzene rings is 2. The molecule has 2 aromatic carbocycles. The predicted octanol–water partition coefficient (Wildman–Crippen LogP) is 7.19. The van der Waals surface area contributed by atoms with Gasteiger partial charge in [0.05, 0.1) is 24.6 Å².